The van der Waals surface area contributed by atoms with Gasteiger partial charge in [0.05, 0.1) is 0 Å². The van der Waals surface area contributed by atoms with Gasteiger partial charge in [-0.1, -0.05) is 0 Å². The monoisotopic (exact) mass is 319 g/mol. The smallest absolute Gasteiger partial charge is 0.358 e. The van der Waals surface area contributed by atoms with Crippen LogP contribution in [0.3, 0.4) is 0 Å². The summed E-state index contributed by atoms with van der Waals surface area (Å²) >= 11 is 0. The van der Waals surface area contributed by atoms with E-state index in [1.54, 1.807) is 0 Å². The zero-order valence-corrected chi connectivity index (χ0v) is 9.30. The van der Waals surface area contributed by atoms with Crippen LogP contribution >= 0.6 is 0 Å². The van der Waals surface area contributed by atoms with E-state index in [-0.39, 0.29) is 69.5 Å². The molecular formula is C3H9WZr. The van der Waals surface area contributed by atoms with E-state index in [2.05, 4.69) is 0 Å². The molecule has 0 amide bonds. The Morgan fingerprint density at radius 1 is 0.600 bits per heavy atom. The van der Waals surface area contributed by atoms with E-state index < -0.39 is 0 Å². The van der Waals surface area contributed by atoms with Crippen molar-refractivity contribution in [1.29, 1.82) is 0 Å². The van der Waals surface area contributed by atoms with E-state index >= 15 is 0 Å². The Kier molecular flexibility index (Phi) is 779. The quantitative estimate of drug-likeness (QED) is 0.591. The Bertz CT molecular complexity index is 6.85. The molecule has 0 spiro atoms. The van der Waals surface area contributed by atoms with Crippen molar-refractivity contribution in [2.45, 2.75) is 0 Å². The van der Waals surface area contributed by atoms with E-state index in [0.717, 1.165) is 0 Å². The molecule has 0 aromatic heterocycles. The molecule has 0 aromatic carbocycles. The summed E-state index contributed by atoms with van der Waals surface area (Å²) in [7, 11) is 0. The number of hydrogen-bond acceptors (Lipinski definition) is 0. The van der Waals surface area contributed by atoms with Gasteiger partial charge in [-0.05, 0) is 0 Å². The van der Waals surface area contributed by atoms with E-state index in [9.17, 15) is 0 Å². The molecule has 0 aromatic rings. The van der Waals surface area contributed by atoms with Gasteiger partial charge in [0.25, 0.3) is 0 Å². The average Bonchev–Trinajstić information content (AvgIpc) is 0. The molecule has 0 bridgehead atoms. The minimum atomic E-state index is 0. The first-order chi connectivity index (χ1) is 0. The summed E-state index contributed by atoms with van der Waals surface area (Å²) in [6.07, 6.45) is 0. The van der Waals surface area contributed by atoms with Gasteiger partial charge in [-0.2, -0.15) is 0 Å². The summed E-state index contributed by atoms with van der Waals surface area (Å²) in [5.41, 5.74) is 0. The molecule has 0 heterocycles. The Morgan fingerprint density at radius 3 is 0.600 bits per heavy atom. The van der Waals surface area contributed by atoms with E-state index in [1.807, 2.05) is 0 Å². The SMILES string of the molecule is [CH3-].[CH3-].[CH3-].[W].[Zr+3]. The van der Waals surface area contributed by atoms with Crippen molar-refractivity contribution in [3.05, 3.63) is 22.3 Å². The van der Waals surface area contributed by atoms with Gasteiger partial charge in [0.15, 0.2) is 0 Å². The molecular weight excluding hydrogens is 311 g/mol. The topological polar surface area (TPSA) is 0 Å². The second kappa shape index (κ2) is 47.1. The molecule has 0 nitrogen and oxygen atoms in total. The second-order valence-corrected chi connectivity index (χ2v) is 0. The van der Waals surface area contributed by atoms with Crippen molar-refractivity contribution in [3.63, 3.8) is 0 Å². The normalized spacial score (nSPS) is 0. The number of hydrogen-bond donors (Lipinski definition) is 0. The molecule has 2 heteroatoms. The zero-order chi connectivity index (χ0) is 0. The summed E-state index contributed by atoms with van der Waals surface area (Å²) in [4.78, 5) is 0. The largest absolute Gasteiger partial charge is 3.00 e. The first-order valence-electron chi connectivity index (χ1n) is 0. The summed E-state index contributed by atoms with van der Waals surface area (Å²) in [5.74, 6) is 0. The molecule has 5 heavy (non-hydrogen) atoms. The number of rotatable bonds is 0. The molecule has 0 fully saturated rings. The van der Waals surface area contributed by atoms with Crippen LogP contribution in [0.4, 0.5) is 0 Å². The first kappa shape index (κ1) is 82.6. The maximum Gasteiger partial charge on any atom is 3.00 e. The van der Waals surface area contributed by atoms with Crippen molar-refractivity contribution in [2.24, 2.45) is 0 Å². The Hall–Kier alpha value is 1.57. The predicted molar refractivity (Wildman–Crippen MR) is 19.2 cm³/mol. The third-order valence-corrected chi connectivity index (χ3v) is 0. The van der Waals surface area contributed by atoms with Crippen LogP contribution in [0.15, 0.2) is 0 Å². The van der Waals surface area contributed by atoms with Crippen LogP contribution in [0.1, 0.15) is 0 Å². The van der Waals surface area contributed by atoms with Crippen molar-refractivity contribution >= 4 is 0 Å². The summed E-state index contributed by atoms with van der Waals surface area (Å²) in [5, 5.41) is 0. The molecule has 0 aliphatic rings. The Morgan fingerprint density at radius 2 is 0.600 bits per heavy atom. The van der Waals surface area contributed by atoms with Gasteiger partial charge < -0.3 is 22.3 Å². The summed E-state index contributed by atoms with van der Waals surface area (Å²) in [6.45, 7) is 0. The van der Waals surface area contributed by atoms with Crippen LogP contribution < -0.4 is 0 Å². The predicted octanol–water partition coefficient (Wildman–Crippen LogP) is 1.35. The molecule has 0 rings (SSSR count). The molecule has 1 radical (unpaired) electrons. The van der Waals surface area contributed by atoms with Crippen LogP contribution in [-0.2, 0) is 47.3 Å². The third-order valence-electron chi connectivity index (χ3n) is 0. The molecule has 0 atom stereocenters. The standard InChI is InChI=1S/3CH3.W.Zr/h3*1H3;;/q3*-1;;+3. The van der Waals surface area contributed by atoms with Crippen LogP contribution in [0.5, 0.6) is 0 Å². The van der Waals surface area contributed by atoms with Gasteiger partial charge in [0.2, 0.25) is 0 Å². The van der Waals surface area contributed by atoms with E-state index in [0.29, 0.717) is 0 Å². The van der Waals surface area contributed by atoms with Crippen LogP contribution in [0.25, 0.3) is 0 Å². The van der Waals surface area contributed by atoms with Crippen LogP contribution in [0, 0.1) is 22.3 Å². The van der Waals surface area contributed by atoms with Gasteiger partial charge in [0, 0.05) is 21.1 Å². The van der Waals surface area contributed by atoms with Gasteiger partial charge in [-0.3, -0.25) is 0 Å². The molecule has 31 valence electrons. The summed E-state index contributed by atoms with van der Waals surface area (Å²) in [6, 6.07) is 0. The maximum absolute atomic E-state index is 0. The Balaban J connectivity index is 0. The van der Waals surface area contributed by atoms with Crippen molar-refractivity contribution in [2.75, 3.05) is 0 Å². The molecule has 0 N–H and O–H groups in total. The summed E-state index contributed by atoms with van der Waals surface area (Å²) < 4.78 is 0. The zero-order valence-electron chi connectivity index (χ0n) is 3.91. The molecule has 0 unspecified atom stereocenters. The minimum absolute atomic E-state index is 0. The van der Waals surface area contributed by atoms with Crippen LogP contribution in [-0.4, -0.2) is 0 Å². The fraction of sp³-hybridized carbons (Fsp3) is 0. The van der Waals surface area contributed by atoms with Crippen molar-refractivity contribution < 1.29 is 47.3 Å². The molecule has 0 aliphatic carbocycles. The second-order valence-electron chi connectivity index (χ2n) is 0. The maximum atomic E-state index is 0. The Labute approximate surface area is 69.1 Å². The fourth-order valence-corrected chi connectivity index (χ4v) is 0. The van der Waals surface area contributed by atoms with Crippen molar-refractivity contribution in [3.8, 4) is 0 Å². The third kappa shape index (κ3) is 28.8. The molecule has 0 saturated heterocycles. The van der Waals surface area contributed by atoms with Gasteiger partial charge in [-0.25, -0.2) is 0 Å². The fourth-order valence-electron chi connectivity index (χ4n) is 0. The minimum Gasteiger partial charge on any atom is -0.358 e. The first-order valence-corrected chi connectivity index (χ1v) is 0. The molecule has 0 saturated carbocycles. The van der Waals surface area contributed by atoms with Crippen LogP contribution in [0.2, 0.25) is 0 Å². The van der Waals surface area contributed by atoms with Gasteiger partial charge in [0.1, 0.15) is 0 Å². The average molecular weight is 320 g/mol. The van der Waals surface area contributed by atoms with E-state index in [4.69, 9.17) is 0 Å². The van der Waals surface area contributed by atoms with E-state index in [1.165, 1.54) is 0 Å². The van der Waals surface area contributed by atoms with Gasteiger partial charge >= 0.3 is 26.2 Å². The van der Waals surface area contributed by atoms with Crippen molar-refractivity contribution in [1.82, 2.24) is 0 Å². The van der Waals surface area contributed by atoms with Gasteiger partial charge in [-0.15, -0.1) is 0 Å². The molecule has 0 aliphatic heterocycles.